The number of fused-ring (bicyclic) bond motifs is 1. The molecule has 0 spiro atoms. The van der Waals surface area contributed by atoms with Gasteiger partial charge in [0.15, 0.2) is 5.82 Å². The van der Waals surface area contributed by atoms with Crippen molar-refractivity contribution in [3.8, 4) is 16.5 Å². The number of hydrogen-bond acceptors (Lipinski definition) is 4. The van der Waals surface area contributed by atoms with Crippen molar-refractivity contribution >= 4 is 33.8 Å². The highest BCUT2D eigenvalue weighted by Gasteiger charge is 2.13. The quantitative estimate of drug-likeness (QED) is 0.666. The van der Waals surface area contributed by atoms with Gasteiger partial charge in [0.2, 0.25) is 0 Å². The molecule has 3 rings (SSSR count). The lowest BCUT2D eigenvalue weighted by Crippen LogP contribution is -1.92. The van der Waals surface area contributed by atoms with E-state index >= 15 is 0 Å². The molecule has 0 saturated carbocycles. The molecule has 0 fully saturated rings. The van der Waals surface area contributed by atoms with Crippen molar-refractivity contribution in [1.29, 1.82) is 0 Å². The minimum absolute atomic E-state index is 0.301. The summed E-state index contributed by atoms with van der Waals surface area (Å²) < 4.78 is 18.5. The monoisotopic (exact) mass is 294 g/mol. The fraction of sp³-hybridized carbons (Fsp3) is 0.0769. The summed E-state index contributed by atoms with van der Waals surface area (Å²) in [6.07, 6.45) is 0. The van der Waals surface area contributed by atoms with Crippen LogP contribution in [0.3, 0.4) is 0 Å². The van der Waals surface area contributed by atoms with Gasteiger partial charge in [-0.05, 0) is 23.6 Å². The third kappa shape index (κ3) is 2.15. The fourth-order valence-electron chi connectivity index (χ4n) is 1.79. The van der Waals surface area contributed by atoms with Gasteiger partial charge in [-0.1, -0.05) is 11.6 Å². The molecule has 2 heterocycles. The van der Waals surface area contributed by atoms with Gasteiger partial charge >= 0.3 is 0 Å². The van der Waals surface area contributed by atoms with Gasteiger partial charge in [0.25, 0.3) is 0 Å². The Morgan fingerprint density at radius 3 is 2.89 bits per heavy atom. The molecule has 1 aromatic carbocycles. The Kier molecular flexibility index (Phi) is 3.08. The number of rotatable bonds is 2. The van der Waals surface area contributed by atoms with Gasteiger partial charge < -0.3 is 4.74 Å². The van der Waals surface area contributed by atoms with Crippen LogP contribution in [0, 0.1) is 5.82 Å². The van der Waals surface area contributed by atoms with Crippen LogP contribution in [-0.4, -0.2) is 17.1 Å². The van der Waals surface area contributed by atoms with E-state index < -0.39 is 0 Å². The number of methoxy groups -OCH3 is 1. The van der Waals surface area contributed by atoms with E-state index in [-0.39, 0.29) is 5.82 Å². The summed E-state index contributed by atoms with van der Waals surface area (Å²) in [6, 6.07) is 6.07. The van der Waals surface area contributed by atoms with Crippen LogP contribution in [-0.2, 0) is 0 Å². The second kappa shape index (κ2) is 4.75. The molecule has 3 nitrogen and oxygen atoms in total. The molecule has 6 heteroatoms. The van der Waals surface area contributed by atoms with Crippen LogP contribution in [0.25, 0.3) is 21.6 Å². The molecule has 0 aliphatic rings. The number of benzene rings is 1. The van der Waals surface area contributed by atoms with Gasteiger partial charge in [0, 0.05) is 11.5 Å². The number of ether oxygens (including phenoxy) is 1. The third-order valence-corrected chi connectivity index (χ3v) is 3.84. The van der Waals surface area contributed by atoms with Gasteiger partial charge in [-0.3, -0.25) is 0 Å². The summed E-state index contributed by atoms with van der Waals surface area (Å²) in [6.45, 7) is 0. The minimum Gasteiger partial charge on any atom is -0.495 e. The van der Waals surface area contributed by atoms with E-state index in [0.717, 1.165) is 4.88 Å². The van der Waals surface area contributed by atoms with E-state index in [1.807, 2.05) is 11.4 Å². The molecule has 0 N–H and O–H groups in total. The van der Waals surface area contributed by atoms with Crippen molar-refractivity contribution in [1.82, 2.24) is 9.97 Å². The van der Waals surface area contributed by atoms with Crippen LogP contribution in [0.5, 0.6) is 5.75 Å². The standard InChI is InChI=1S/C13H8ClFN2OS/c1-18-10-4-5-19-11(10)13-16-9-6-7(15)2-3-8(9)12(14)17-13/h2-6H,1H3. The van der Waals surface area contributed by atoms with E-state index in [1.54, 1.807) is 13.2 Å². The maximum atomic E-state index is 13.3. The topological polar surface area (TPSA) is 35.0 Å². The average Bonchev–Trinajstić information content (AvgIpc) is 2.86. The fourth-order valence-corrected chi connectivity index (χ4v) is 2.82. The number of halogens is 2. The van der Waals surface area contributed by atoms with Crippen molar-refractivity contribution in [3.05, 3.63) is 40.6 Å². The van der Waals surface area contributed by atoms with Crippen LogP contribution in [0.1, 0.15) is 0 Å². The zero-order valence-electron chi connectivity index (χ0n) is 9.85. The molecular formula is C13H8ClFN2OS. The lowest BCUT2D eigenvalue weighted by molar-refractivity contribution is 0.418. The predicted octanol–water partition coefficient (Wildman–Crippen LogP) is 4.16. The summed E-state index contributed by atoms with van der Waals surface area (Å²) >= 11 is 7.56. The van der Waals surface area contributed by atoms with Crippen molar-refractivity contribution in [2.24, 2.45) is 0 Å². The minimum atomic E-state index is -0.355. The van der Waals surface area contributed by atoms with Crippen molar-refractivity contribution in [2.75, 3.05) is 7.11 Å². The molecule has 19 heavy (non-hydrogen) atoms. The first-order valence-electron chi connectivity index (χ1n) is 5.43. The second-order valence-electron chi connectivity index (χ2n) is 3.82. The second-order valence-corrected chi connectivity index (χ2v) is 5.09. The highest BCUT2D eigenvalue weighted by Crippen LogP contribution is 2.35. The maximum Gasteiger partial charge on any atom is 0.175 e. The van der Waals surface area contributed by atoms with E-state index in [4.69, 9.17) is 16.3 Å². The van der Waals surface area contributed by atoms with Gasteiger partial charge in [0.05, 0.1) is 12.6 Å². The highest BCUT2D eigenvalue weighted by molar-refractivity contribution is 7.13. The number of thiophene rings is 1. The van der Waals surface area contributed by atoms with Crippen LogP contribution in [0.15, 0.2) is 29.6 Å². The third-order valence-electron chi connectivity index (χ3n) is 2.66. The Hall–Kier alpha value is -1.72. The number of aromatic nitrogens is 2. The van der Waals surface area contributed by atoms with Gasteiger partial charge in [-0.25, -0.2) is 14.4 Å². The molecule has 3 aromatic rings. The molecule has 0 bridgehead atoms. The molecule has 0 aliphatic heterocycles. The molecule has 0 unspecified atom stereocenters. The number of nitrogens with zero attached hydrogens (tertiary/aromatic N) is 2. The Morgan fingerprint density at radius 2 is 2.11 bits per heavy atom. The van der Waals surface area contributed by atoms with Crippen molar-refractivity contribution < 1.29 is 9.13 Å². The Bertz CT molecular complexity index is 759. The van der Waals surface area contributed by atoms with E-state index in [2.05, 4.69) is 9.97 Å². The van der Waals surface area contributed by atoms with Gasteiger partial charge in [0.1, 0.15) is 21.6 Å². The number of hydrogen-bond donors (Lipinski definition) is 0. The summed E-state index contributed by atoms with van der Waals surface area (Å²) in [4.78, 5) is 9.36. The lowest BCUT2D eigenvalue weighted by atomic mass is 10.2. The SMILES string of the molecule is COc1ccsc1-c1nc(Cl)c2ccc(F)cc2n1. The first-order valence-corrected chi connectivity index (χ1v) is 6.69. The molecule has 0 amide bonds. The van der Waals surface area contributed by atoms with Crippen LogP contribution >= 0.6 is 22.9 Å². The summed E-state index contributed by atoms with van der Waals surface area (Å²) in [5.74, 6) is 0.762. The molecule has 0 radical (unpaired) electrons. The van der Waals surface area contributed by atoms with E-state index in [0.29, 0.717) is 27.6 Å². The highest BCUT2D eigenvalue weighted by atomic mass is 35.5. The molecular weight excluding hydrogens is 287 g/mol. The molecule has 0 aliphatic carbocycles. The zero-order chi connectivity index (χ0) is 13.4. The van der Waals surface area contributed by atoms with Crippen LogP contribution in [0.4, 0.5) is 4.39 Å². The van der Waals surface area contributed by atoms with Crippen molar-refractivity contribution in [3.63, 3.8) is 0 Å². The molecule has 96 valence electrons. The predicted molar refractivity (Wildman–Crippen MR) is 74.4 cm³/mol. The average molecular weight is 295 g/mol. The van der Waals surface area contributed by atoms with Crippen molar-refractivity contribution in [2.45, 2.75) is 0 Å². The maximum absolute atomic E-state index is 13.3. The van der Waals surface area contributed by atoms with Crippen LogP contribution < -0.4 is 4.74 Å². The largest absolute Gasteiger partial charge is 0.495 e. The van der Waals surface area contributed by atoms with Gasteiger partial charge in [-0.2, -0.15) is 0 Å². The Labute approximate surface area is 117 Å². The smallest absolute Gasteiger partial charge is 0.175 e. The summed E-state index contributed by atoms with van der Waals surface area (Å²) in [7, 11) is 1.58. The molecule has 0 saturated heterocycles. The lowest BCUT2D eigenvalue weighted by Gasteiger charge is -2.05. The normalized spacial score (nSPS) is 10.9. The Morgan fingerprint density at radius 1 is 1.26 bits per heavy atom. The van der Waals surface area contributed by atoms with E-state index in [9.17, 15) is 4.39 Å². The zero-order valence-corrected chi connectivity index (χ0v) is 11.4. The molecule has 0 atom stereocenters. The van der Waals surface area contributed by atoms with E-state index in [1.165, 1.54) is 23.5 Å². The summed E-state index contributed by atoms with van der Waals surface area (Å²) in [5.41, 5.74) is 0.477. The van der Waals surface area contributed by atoms with Gasteiger partial charge in [-0.15, -0.1) is 11.3 Å². The Balaban J connectivity index is 2.25. The summed E-state index contributed by atoms with van der Waals surface area (Å²) in [5, 5.41) is 2.80. The van der Waals surface area contributed by atoms with Crippen LogP contribution in [0.2, 0.25) is 5.15 Å². The first kappa shape index (κ1) is 12.3. The first-order chi connectivity index (χ1) is 9.19. The molecule has 2 aromatic heterocycles.